The van der Waals surface area contributed by atoms with Gasteiger partial charge >= 0.3 is 0 Å². The minimum Gasteiger partial charge on any atom is -0.493 e. The maximum atomic E-state index is 5.97. The molecule has 0 saturated carbocycles. The zero-order valence-corrected chi connectivity index (χ0v) is 18.2. The SMILES string of the molecule is CC[C@@H](C)Oc1c(Br)cc(C=Nc2ccc(N3CCOCC3)cc2)cc1OC. The molecular formula is C22H27BrN2O3. The number of methoxy groups -OCH3 is 1. The fraction of sp³-hybridized carbons (Fsp3) is 0.409. The molecule has 1 fully saturated rings. The molecule has 1 aliphatic rings. The summed E-state index contributed by atoms with van der Waals surface area (Å²) in [5, 5.41) is 0. The molecule has 0 N–H and O–H groups in total. The summed E-state index contributed by atoms with van der Waals surface area (Å²) < 4.78 is 17.8. The first kappa shape index (κ1) is 20.7. The first-order valence-electron chi connectivity index (χ1n) is 9.61. The van der Waals surface area contributed by atoms with Crippen LogP contribution in [0.1, 0.15) is 25.8 Å². The van der Waals surface area contributed by atoms with Gasteiger partial charge in [0.1, 0.15) is 0 Å². The monoisotopic (exact) mass is 446 g/mol. The largest absolute Gasteiger partial charge is 0.493 e. The zero-order chi connectivity index (χ0) is 19.9. The number of nitrogens with zero attached hydrogens (tertiary/aromatic N) is 2. The summed E-state index contributed by atoms with van der Waals surface area (Å²) in [4.78, 5) is 6.93. The maximum absolute atomic E-state index is 5.97. The average molecular weight is 447 g/mol. The smallest absolute Gasteiger partial charge is 0.175 e. The normalized spacial score (nSPS) is 15.6. The van der Waals surface area contributed by atoms with E-state index in [-0.39, 0.29) is 6.10 Å². The predicted molar refractivity (Wildman–Crippen MR) is 118 cm³/mol. The van der Waals surface area contributed by atoms with Crippen LogP contribution in [0.3, 0.4) is 0 Å². The van der Waals surface area contributed by atoms with Gasteiger partial charge in [-0.05, 0) is 71.2 Å². The molecule has 3 rings (SSSR count). The topological polar surface area (TPSA) is 43.3 Å². The number of hydrogen-bond acceptors (Lipinski definition) is 5. The summed E-state index contributed by atoms with van der Waals surface area (Å²) in [7, 11) is 1.65. The van der Waals surface area contributed by atoms with E-state index >= 15 is 0 Å². The van der Waals surface area contributed by atoms with Gasteiger partial charge < -0.3 is 19.1 Å². The highest BCUT2D eigenvalue weighted by atomic mass is 79.9. The Labute approximate surface area is 175 Å². The Morgan fingerprint density at radius 1 is 1.21 bits per heavy atom. The number of anilines is 1. The fourth-order valence-electron chi connectivity index (χ4n) is 2.93. The van der Waals surface area contributed by atoms with Gasteiger partial charge in [0.2, 0.25) is 0 Å². The van der Waals surface area contributed by atoms with E-state index in [4.69, 9.17) is 14.2 Å². The Balaban J connectivity index is 1.73. The van der Waals surface area contributed by atoms with E-state index in [1.165, 1.54) is 5.69 Å². The molecule has 0 bridgehead atoms. The molecule has 1 aliphatic heterocycles. The Morgan fingerprint density at radius 3 is 2.57 bits per heavy atom. The number of morpholine rings is 1. The van der Waals surface area contributed by atoms with Crippen LogP contribution >= 0.6 is 15.9 Å². The van der Waals surface area contributed by atoms with Gasteiger partial charge in [-0.15, -0.1) is 0 Å². The number of aliphatic imine (C=N–C) groups is 1. The summed E-state index contributed by atoms with van der Waals surface area (Å²) in [6, 6.07) is 12.2. The van der Waals surface area contributed by atoms with Gasteiger partial charge in [0.25, 0.3) is 0 Å². The molecule has 1 heterocycles. The van der Waals surface area contributed by atoms with Crippen molar-refractivity contribution in [3.05, 3.63) is 46.4 Å². The van der Waals surface area contributed by atoms with Crippen LogP contribution < -0.4 is 14.4 Å². The van der Waals surface area contributed by atoms with Gasteiger partial charge in [-0.2, -0.15) is 0 Å². The van der Waals surface area contributed by atoms with Gasteiger partial charge in [0.05, 0.1) is 36.6 Å². The number of rotatable bonds is 7. The molecule has 28 heavy (non-hydrogen) atoms. The third-order valence-corrected chi connectivity index (χ3v) is 5.32. The van der Waals surface area contributed by atoms with Crippen molar-refractivity contribution in [1.29, 1.82) is 0 Å². The summed E-state index contributed by atoms with van der Waals surface area (Å²) in [6.07, 6.45) is 2.89. The number of ether oxygens (including phenoxy) is 3. The Morgan fingerprint density at radius 2 is 1.93 bits per heavy atom. The van der Waals surface area contributed by atoms with Crippen LogP contribution in [-0.2, 0) is 4.74 Å². The lowest BCUT2D eigenvalue weighted by Crippen LogP contribution is -2.36. The molecular weight excluding hydrogens is 420 g/mol. The van der Waals surface area contributed by atoms with Crippen molar-refractivity contribution in [2.24, 2.45) is 4.99 Å². The van der Waals surface area contributed by atoms with Crippen LogP contribution in [0.15, 0.2) is 45.9 Å². The minimum atomic E-state index is 0.120. The van der Waals surface area contributed by atoms with E-state index in [0.29, 0.717) is 5.75 Å². The van der Waals surface area contributed by atoms with Crippen LogP contribution in [0.2, 0.25) is 0 Å². The van der Waals surface area contributed by atoms with Crippen molar-refractivity contribution in [3.8, 4) is 11.5 Å². The van der Waals surface area contributed by atoms with E-state index in [9.17, 15) is 0 Å². The third-order valence-electron chi connectivity index (χ3n) is 4.73. The van der Waals surface area contributed by atoms with Gasteiger partial charge in [0, 0.05) is 25.0 Å². The fourth-order valence-corrected chi connectivity index (χ4v) is 3.49. The van der Waals surface area contributed by atoms with E-state index in [1.54, 1.807) is 7.11 Å². The molecule has 6 heteroatoms. The molecule has 0 aliphatic carbocycles. The lowest BCUT2D eigenvalue weighted by atomic mass is 10.2. The molecule has 0 radical (unpaired) electrons. The van der Waals surface area contributed by atoms with Gasteiger partial charge in [-0.25, -0.2) is 0 Å². The molecule has 5 nitrogen and oxygen atoms in total. The summed E-state index contributed by atoms with van der Waals surface area (Å²) in [5.74, 6) is 1.42. The quantitative estimate of drug-likeness (QED) is 0.546. The Kier molecular flexibility index (Phi) is 7.34. The van der Waals surface area contributed by atoms with Crippen molar-refractivity contribution >= 4 is 33.5 Å². The zero-order valence-electron chi connectivity index (χ0n) is 16.7. The summed E-state index contributed by atoms with van der Waals surface area (Å²) >= 11 is 3.59. The van der Waals surface area contributed by atoms with Gasteiger partial charge in [-0.3, -0.25) is 4.99 Å². The molecule has 0 spiro atoms. The van der Waals surface area contributed by atoms with Crippen LogP contribution in [0.5, 0.6) is 11.5 Å². The Bertz CT molecular complexity index is 802. The van der Waals surface area contributed by atoms with Crippen LogP contribution in [0, 0.1) is 0 Å². The molecule has 0 aromatic heterocycles. The second kappa shape index (κ2) is 9.94. The van der Waals surface area contributed by atoms with Crippen molar-refractivity contribution in [1.82, 2.24) is 0 Å². The highest BCUT2D eigenvalue weighted by molar-refractivity contribution is 9.10. The third kappa shape index (κ3) is 5.26. The van der Waals surface area contributed by atoms with Crippen molar-refractivity contribution < 1.29 is 14.2 Å². The van der Waals surface area contributed by atoms with Crippen LogP contribution in [0.4, 0.5) is 11.4 Å². The van der Waals surface area contributed by atoms with Crippen molar-refractivity contribution in [2.75, 3.05) is 38.3 Å². The van der Waals surface area contributed by atoms with E-state index in [0.717, 1.165) is 54.2 Å². The van der Waals surface area contributed by atoms with Crippen molar-refractivity contribution in [2.45, 2.75) is 26.4 Å². The lowest BCUT2D eigenvalue weighted by molar-refractivity contribution is 0.122. The highest BCUT2D eigenvalue weighted by Gasteiger charge is 2.14. The Hall–Kier alpha value is -2.05. The second-order valence-corrected chi connectivity index (χ2v) is 7.60. The van der Waals surface area contributed by atoms with E-state index < -0.39 is 0 Å². The summed E-state index contributed by atoms with van der Waals surface area (Å²) in [5.41, 5.74) is 3.06. The molecule has 0 amide bonds. The highest BCUT2D eigenvalue weighted by Crippen LogP contribution is 2.37. The lowest BCUT2D eigenvalue weighted by Gasteiger charge is -2.28. The standard InChI is InChI=1S/C22H27BrN2O3/c1-4-16(2)28-22-20(23)13-17(14-21(22)26-3)15-24-18-5-7-19(8-6-18)25-9-11-27-12-10-25/h5-8,13-16H,4,9-12H2,1-3H3/t16-/m1/s1. The number of halogens is 1. The predicted octanol–water partition coefficient (Wildman–Crippen LogP) is 5.22. The maximum Gasteiger partial charge on any atom is 0.175 e. The molecule has 1 saturated heterocycles. The second-order valence-electron chi connectivity index (χ2n) is 6.74. The average Bonchev–Trinajstić information content (AvgIpc) is 2.74. The van der Waals surface area contributed by atoms with Crippen LogP contribution in [0.25, 0.3) is 0 Å². The van der Waals surface area contributed by atoms with Crippen molar-refractivity contribution in [3.63, 3.8) is 0 Å². The van der Waals surface area contributed by atoms with E-state index in [1.807, 2.05) is 37.4 Å². The number of benzene rings is 2. The minimum absolute atomic E-state index is 0.120. The van der Waals surface area contributed by atoms with E-state index in [2.05, 4.69) is 44.9 Å². The molecule has 2 aromatic rings. The molecule has 150 valence electrons. The number of hydrogen-bond donors (Lipinski definition) is 0. The first-order valence-corrected chi connectivity index (χ1v) is 10.4. The first-order chi connectivity index (χ1) is 13.6. The molecule has 2 aromatic carbocycles. The summed E-state index contributed by atoms with van der Waals surface area (Å²) in [6.45, 7) is 7.57. The van der Waals surface area contributed by atoms with Crippen LogP contribution in [-0.4, -0.2) is 45.7 Å². The van der Waals surface area contributed by atoms with Gasteiger partial charge in [-0.1, -0.05) is 6.92 Å². The van der Waals surface area contributed by atoms with Gasteiger partial charge in [0.15, 0.2) is 11.5 Å². The molecule has 1 atom stereocenters. The molecule has 0 unspecified atom stereocenters.